The molecule has 2 aliphatic rings. The molecule has 2 heterocycles. The highest BCUT2D eigenvalue weighted by atomic mass is 16.6. The highest BCUT2D eigenvalue weighted by Crippen LogP contribution is 2.32. The van der Waals surface area contributed by atoms with E-state index in [-0.39, 0.29) is 24.4 Å². The second-order valence-corrected chi connectivity index (χ2v) is 9.84. The first kappa shape index (κ1) is 25.9. The van der Waals surface area contributed by atoms with Crippen LogP contribution >= 0.6 is 0 Å². The van der Waals surface area contributed by atoms with Gasteiger partial charge in [0.15, 0.2) is 0 Å². The third kappa shape index (κ3) is 9.74. The molecule has 0 amide bonds. The largest absolute Gasteiger partial charge is 0.457 e. The monoisotopic (exact) mass is 432 g/mol. The zero-order valence-electron chi connectivity index (χ0n) is 20.3. The number of aliphatic hydroxyl groups excluding tert-OH is 1. The van der Waals surface area contributed by atoms with Crippen molar-refractivity contribution in [3.8, 4) is 0 Å². The summed E-state index contributed by atoms with van der Waals surface area (Å²) >= 11 is 0. The Morgan fingerprint density at radius 1 is 1.29 bits per heavy atom. The van der Waals surface area contributed by atoms with Gasteiger partial charge < -0.3 is 14.6 Å². The van der Waals surface area contributed by atoms with Crippen LogP contribution in [0, 0.1) is 17.8 Å². The van der Waals surface area contributed by atoms with E-state index >= 15 is 0 Å². The molecule has 2 aliphatic heterocycles. The first-order valence-corrected chi connectivity index (χ1v) is 12.3. The van der Waals surface area contributed by atoms with Crippen LogP contribution in [0.2, 0.25) is 0 Å². The molecule has 7 atom stereocenters. The lowest BCUT2D eigenvalue weighted by Crippen LogP contribution is -2.28. The van der Waals surface area contributed by atoms with Crippen LogP contribution in [0.1, 0.15) is 86.0 Å². The Morgan fingerprint density at radius 3 is 2.81 bits per heavy atom. The number of ether oxygens (including phenoxy) is 2. The fourth-order valence-electron chi connectivity index (χ4n) is 4.30. The van der Waals surface area contributed by atoms with Gasteiger partial charge in [-0.25, -0.2) is 0 Å². The van der Waals surface area contributed by atoms with Crippen LogP contribution in [-0.4, -0.2) is 35.5 Å². The second kappa shape index (κ2) is 13.2. The molecular formula is C27H44O4. The van der Waals surface area contributed by atoms with Crippen molar-refractivity contribution >= 4 is 5.97 Å². The van der Waals surface area contributed by atoms with E-state index in [4.69, 9.17) is 9.47 Å². The van der Waals surface area contributed by atoms with Crippen molar-refractivity contribution < 1.29 is 19.4 Å². The van der Waals surface area contributed by atoms with Crippen LogP contribution in [0.3, 0.4) is 0 Å². The summed E-state index contributed by atoms with van der Waals surface area (Å²) in [4.78, 5) is 12.4. The molecule has 0 aromatic heterocycles. The third-order valence-corrected chi connectivity index (χ3v) is 6.49. The number of aliphatic hydroxyl groups is 1. The van der Waals surface area contributed by atoms with Crippen molar-refractivity contribution in [1.29, 1.82) is 0 Å². The van der Waals surface area contributed by atoms with Gasteiger partial charge in [0.25, 0.3) is 0 Å². The number of unbranched alkanes of at least 4 members (excludes halogenated alkanes) is 1. The van der Waals surface area contributed by atoms with Crippen molar-refractivity contribution in [1.82, 2.24) is 0 Å². The van der Waals surface area contributed by atoms with Crippen LogP contribution in [-0.2, 0) is 14.3 Å². The number of carbonyl (C=O) groups is 1. The Bertz CT molecular complexity index is 635. The number of epoxide rings is 1. The molecule has 0 aromatic rings. The first-order chi connectivity index (χ1) is 14.8. The van der Waals surface area contributed by atoms with E-state index in [1.54, 1.807) is 0 Å². The second-order valence-electron chi connectivity index (χ2n) is 9.84. The molecule has 4 nitrogen and oxygen atoms in total. The Morgan fingerprint density at radius 2 is 2.06 bits per heavy atom. The van der Waals surface area contributed by atoms with Gasteiger partial charge >= 0.3 is 5.97 Å². The highest BCUT2D eigenvalue weighted by molar-refractivity contribution is 5.70. The zero-order valence-corrected chi connectivity index (χ0v) is 20.3. The summed E-state index contributed by atoms with van der Waals surface area (Å²) in [6, 6.07) is 0. The molecule has 0 aliphatic carbocycles. The molecule has 31 heavy (non-hydrogen) atoms. The SMILES string of the molecule is CCCCC1OC1CC(C)/C=C/C=C(\C)[C@H]1OC(=O)CC(O)CCC(C)C/C=C/C1C. The lowest BCUT2D eigenvalue weighted by Gasteiger charge is -2.24. The van der Waals surface area contributed by atoms with Crippen molar-refractivity contribution in [2.45, 2.75) is 110 Å². The molecule has 1 fully saturated rings. The number of hydrogen-bond acceptors (Lipinski definition) is 4. The molecule has 1 N–H and O–H groups in total. The summed E-state index contributed by atoms with van der Waals surface area (Å²) in [7, 11) is 0. The van der Waals surface area contributed by atoms with Gasteiger partial charge in [-0.05, 0) is 56.4 Å². The number of allylic oxidation sites excluding steroid dienone is 4. The van der Waals surface area contributed by atoms with Crippen molar-refractivity contribution in [2.75, 3.05) is 0 Å². The van der Waals surface area contributed by atoms with Gasteiger partial charge in [0, 0.05) is 5.92 Å². The molecule has 0 aromatic carbocycles. The van der Waals surface area contributed by atoms with Crippen LogP contribution in [0.4, 0.5) is 0 Å². The number of esters is 1. The Kier molecular flexibility index (Phi) is 11.0. The summed E-state index contributed by atoms with van der Waals surface area (Å²) in [6.07, 6.45) is 18.0. The van der Waals surface area contributed by atoms with Gasteiger partial charge in [-0.1, -0.05) is 70.9 Å². The third-order valence-electron chi connectivity index (χ3n) is 6.49. The number of rotatable bonds is 8. The van der Waals surface area contributed by atoms with Gasteiger partial charge in [0.05, 0.1) is 24.7 Å². The molecule has 2 rings (SSSR count). The molecule has 0 spiro atoms. The maximum Gasteiger partial charge on any atom is 0.309 e. The van der Waals surface area contributed by atoms with Crippen LogP contribution in [0.5, 0.6) is 0 Å². The predicted molar refractivity (Wildman–Crippen MR) is 127 cm³/mol. The number of hydrogen-bond donors (Lipinski definition) is 1. The molecule has 0 bridgehead atoms. The summed E-state index contributed by atoms with van der Waals surface area (Å²) < 4.78 is 11.6. The van der Waals surface area contributed by atoms with Gasteiger partial charge in [-0.3, -0.25) is 4.79 Å². The molecule has 0 saturated carbocycles. The Balaban J connectivity index is 1.95. The van der Waals surface area contributed by atoms with E-state index in [2.05, 4.69) is 58.1 Å². The topological polar surface area (TPSA) is 59.1 Å². The Hall–Kier alpha value is -1.39. The van der Waals surface area contributed by atoms with Crippen molar-refractivity contribution in [2.24, 2.45) is 17.8 Å². The van der Waals surface area contributed by atoms with Gasteiger partial charge in [0.1, 0.15) is 6.10 Å². The van der Waals surface area contributed by atoms with E-state index in [1.807, 2.05) is 6.92 Å². The Labute approximate surface area is 189 Å². The minimum Gasteiger partial charge on any atom is -0.457 e. The predicted octanol–water partition coefficient (Wildman–Crippen LogP) is 6.15. The van der Waals surface area contributed by atoms with E-state index < -0.39 is 6.10 Å². The molecule has 6 unspecified atom stereocenters. The summed E-state index contributed by atoms with van der Waals surface area (Å²) in [6.45, 7) is 10.7. The van der Waals surface area contributed by atoms with Crippen molar-refractivity contribution in [3.63, 3.8) is 0 Å². The van der Waals surface area contributed by atoms with Crippen LogP contribution < -0.4 is 0 Å². The minimum absolute atomic E-state index is 0.0698. The summed E-state index contributed by atoms with van der Waals surface area (Å²) in [5.41, 5.74) is 1.03. The van der Waals surface area contributed by atoms with Gasteiger partial charge in [-0.15, -0.1) is 0 Å². The maximum atomic E-state index is 12.4. The standard InChI is InChI=1S/C27H44O4/c1-6-7-14-24-25(30-24)17-20(3)11-9-13-22(5)27-21(4)12-8-10-19(2)15-16-23(28)18-26(29)31-27/h8-9,11-13,19-21,23-25,27-28H,6-7,10,14-18H2,1-5H3/b11-9+,12-8+,22-13+/t19?,20?,21?,23?,24?,25?,27-/m0/s1. The van der Waals surface area contributed by atoms with Crippen molar-refractivity contribution in [3.05, 3.63) is 36.0 Å². The summed E-state index contributed by atoms with van der Waals surface area (Å²) in [5.74, 6) is 0.729. The summed E-state index contributed by atoms with van der Waals surface area (Å²) in [5, 5.41) is 10.2. The quantitative estimate of drug-likeness (QED) is 0.216. The highest BCUT2D eigenvalue weighted by Gasteiger charge is 2.38. The zero-order chi connectivity index (χ0) is 22.8. The fraction of sp³-hybridized carbons (Fsp3) is 0.741. The molecule has 4 heteroatoms. The lowest BCUT2D eigenvalue weighted by atomic mass is 9.93. The smallest absolute Gasteiger partial charge is 0.309 e. The normalized spacial score (nSPS) is 35.2. The number of carbonyl (C=O) groups excluding carboxylic acids is 1. The lowest BCUT2D eigenvalue weighted by molar-refractivity contribution is -0.151. The van der Waals surface area contributed by atoms with Crippen LogP contribution in [0.15, 0.2) is 36.0 Å². The van der Waals surface area contributed by atoms with E-state index in [1.165, 1.54) is 19.3 Å². The molecule has 176 valence electrons. The minimum atomic E-state index is -0.620. The molecule has 0 radical (unpaired) electrons. The van der Waals surface area contributed by atoms with Crippen LogP contribution in [0.25, 0.3) is 0 Å². The molecule has 1 saturated heterocycles. The van der Waals surface area contributed by atoms with Gasteiger partial charge in [0.2, 0.25) is 0 Å². The van der Waals surface area contributed by atoms with E-state index in [9.17, 15) is 9.90 Å². The average molecular weight is 433 g/mol. The van der Waals surface area contributed by atoms with E-state index in [0.717, 1.165) is 24.8 Å². The fourth-order valence-corrected chi connectivity index (χ4v) is 4.30. The average Bonchev–Trinajstić information content (AvgIpc) is 3.45. The maximum absolute atomic E-state index is 12.4. The first-order valence-electron chi connectivity index (χ1n) is 12.3. The van der Waals surface area contributed by atoms with Gasteiger partial charge in [-0.2, -0.15) is 0 Å². The van der Waals surface area contributed by atoms with E-state index in [0.29, 0.717) is 30.5 Å². The number of cyclic esters (lactones) is 1. The molecular weight excluding hydrogens is 388 g/mol.